The second-order valence-electron chi connectivity index (χ2n) is 6.77. The molecule has 1 amide bonds. The van der Waals surface area contributed by atoms with E-state index in [1.54, 1.807) is 36.4 Å². The van der Waals surface area contributed by atoms with Crippen LogP contribution in [0.25, 0.3) is 0 Å². The van der Waals surface area contributed by atoms with Crippen LogP contribution in [0, 0.1) is 5.92 Å². The Labute approximate surface area is 158 Å². The van der Waals surface area contributed by atoms with Gasteiger partial charge in [0.25, 0.3) is 5.91 Å². The molecular weight excluding hydrogens is 346 g/mol. The first-order valence-electron chi connectivity index (χ1n) is 8.87. The Balaban J connectivity index is 1.96. The van der Waals surface area contributed by atoms with Crippen molar-refractivity contribution in [2.45, 2.75) is 32.7 Å². The summed E-state index contributed by atoms with van der Waals surface area (Å²) < 4.78 is 5.60. The molecule has 1 atom stereocenters. The van der Waals surface area contributed by atoms with Gasteiger partial charge in [-0.1, -0.05) is 26.0 Å². The maximum Gasteiger partial charge on any atom is 0.251 e. The highest BCUT2D eigenvalue weighted by Gasteiger charge is 2.16. The van der Waals surface area contributed by atoms with Crippen LogP contribution < -0.4 is 15.2 Å². The molecule has 0 saturated heterocycles. The van der Waals surface area contributed by atoms with Gasteiger partial charge in [-0.05, 0) is 60.7 Å². The van der Waals surface area contributed by atoms with E-state index in [1.807, 2.05) is 0 Å². The van der Waals surface area contributed by atoms with Crippen molar-refractivity contribution in [3.05, 3.63) is 59.7 Å². The van der Waals surface area contributed by atoms with E-state index in [0.717, 1.165) is 6.42 Å². The quantitative estimate of drug-likeness (QED) is 0.702. The number of rotatable bonds is 9. The zero-order valence-corrected chi connectivity index (χ0v) is 15.5. The van der Waals surface area contributed by atoms with Crippen molar-refractivity contribution < 1.29 is 24.5 Å². The van der Waals surface area contributed by atoms with Crippen molar-refractivity contribution in [3.63, 3.8) is 0 Å². The molecule has 0 fully saturated rings. The molecule has 27 heavy (non-hydrogen) atoms. The van der Waals surface area contributed by atoms with Crippen molar-refractivity contribution in [2.75, 3.05) is 6.61 Å². The first-order chi connectivity index (χ1) is 12.8. The number of phenols is 1. The normalized spacial score (nSPS) is 11.8. The first kappa shape index (κ1) is 20.3. The number of ether oxygens (including phenoxy) is 1. The minimum atomic E-state index is -1.37. The highest BCUT2D eigenvalue weighted by molar-refractivity contribution is 5.96. The molecule has 0 aliphatic carbocycles. The molecule has 2 aromatic carbocycles. The molecule has 0 radical (unpaired) electrons. The van der Waals surface area contributed by atoms with Gasteiger partial charge in [-0.3, -0.25) is 4.79 Å². The summed E-state index contributed by atoms with van der Waals surface area (Å²) in [4.78, 5) is 23.7. The average Bonchev–Trinajstić information content (AvgIpc) is 2.63. The number of hydrogen-bond donors (Lipinski definition) is 2. The van der Waals surface area contributed by atoms with E-state index in [2.05, 4.69) is 19.2 Å². The summed E-state index contributed by atoms with van der Waals surface area (Å²) in [5, 5.41) is 23.1. The molecule has 144 valence electrons. The van der Waals surface area contributed by atoms with Crippen LogP contribution in [-0.2, 0) is 11.2 Å². The zero-order valence-electron chi connectivity index (χ0n) is 15.5. The molecule has 0 saturated carbocycles. The third kappa shape index (κ3) is 6.66. The Bertz CT molecular complexity index is 753. The monoisotopic (exact) mass is 370 g/mol. The fraction of sp³-hybridized carbons (Fsp3) is 0.333. The number of benzene rings is 2. The zero-order chi connectivity index (χ0) is 19.8. The predicted molar refractivity (Wildman–Crippen MR) is 99.5 cm³/mol. The lowest BCUT2D eigenvalue weighted by molar-refractivity contribution is -0.308. The number of hydrogen-bond acceptors (Lipinski definition) is 5. The van der Waals surface area contributed by atoms with Gasteiger partial charge < -0.3 is 25.1 Å². The van der Waals surface area contributed by atoms with Gasteiger partial charge in [0.1, 0.15) is 11.5 Å². The topological polar surface area (TPSA) is 98.7 Å². The number of nitrogens with one attached hydrogen (secondary N) is 1. The second kappa shape index (κ2) is 9.62. The number of phenolic OH excluding ortho intramolecular Hbond substituents is 1. The average molecular weight is 370 g/mol. The number of carbonyl (C=O) groups is 2. The predicted octanol–water partition coefficient (Wildman–Crippen LogP) is 1.91. The molecule has 2 N–H and O–H groups in total. The molecule has 6 nitrogen and oxygen atoms in total. The summed E-state index contributed by atoms with van der Waals surface area (Å²) >= 11 is 0. The minimum Gasteiger partial charge on any atom is -0.548 e. The van der Waals surface area contributed by atoms with E-state index in [0.29, 0.717) is 29.4 Å². The van der Waals surface area contributed by atoms with Crippen LogP contribution in [-0.4, -0.2) is 29.6 Å². The van der Waals surface area contributed by atoms with Gasteiger partial charge in [0, 0.05) is 5.56 Å². The molecule has 0 bridgehead atoms. The summed E-state index contributed by atoms with van der Waals surface area (Å²) in [6, 6.07) is 11.5. The van der Waals surface area contributed by atoms with Crippen molar-refractivity contribution in [1.29, 1.82) is 0 Å². The van der Waals surface area contributed by atoms with Gasteiger partial charge in [0.15, 0.2) is 0 Å². The summed E-state index contributed by atoms with van der Waals surface area (Å²) in [7, 11) is 0. The lowest BCUT2D eigenvalue weighted by Gasteiger charge is -2.20. The molecule has 0 heterocycles. The Hall–Kier alpha value is -3.02. The summed E-state index contributed by atoms with van der Waals surface area (Å²) in [6.45, 7) is 4.83. The maximum atomic E-state index is 12.3. The second-order valence-corrected chi connectivity index (χ2v) is 6.77. The lowest BCUT2D eigenvalue weighted by Crippen LogP contribution is -2.49. The highest BCUT2D eigenvalue weighted by atomic mass is 16.5. The van der Waals surface area contributed by atoms with Crippen LogP contribution in [0.2, 0.25) is 0 Å². The maximum absolute atomic E-state index is 12.3. The molecule has 0 spiro atoms. The van der Waals surface area contributed by atoms with Gasteiger partial charge >= 0.3 is 0 Å². The van der Waals surface area contributed by atoms with E-state index in [4.69, 9.17) is 4.74 Å². The third-order valence-corrected chi connectivity index (χ3v) is 4.05. The van der Waals surface area contributed by atoms with Gasteiger partial charge in [-0.2, -0.15) is 0 Å². The van der Waals surface area contributed by atoms with Crippen molar-refractivity contribution in [2.24, 2.45) is 5.92 Å². The van der Waals surface area contributed by atoms with Crippen LogP contribution in [0.5, 0.6) is 11.5 Å². The van der Waals surface area contributed by atoms with Crippen LogP contribution in [0.4, 0.5) is 0 Å². The highest BCUT2D eigenvalue weighted by Crippen LogP contribution is 2.14. The number of aliphatic carboxylic acids is 1. The van der Waals surface area contributed by atoms with Crippen LogP contribution in [0.1, 0.15) is 36.2 Å². The van der Waals surface area contributed by atoms with E-state index < -0.39 is 17.9 Å². The van der Waals surface area contributed by atoms with Gasteiger partial charge in [-0.25, -0.2) is 0 Å². The Kier molecular flexibility index (Phi) is 7.23. The van der Waals surface area contributed by atoms with Crippen LogP contribution in [0.3, 0.4) is 0 Å². The van der Waals surface area contributed by atoms with Crippen molar-refractivity contribution in [3.8, 4) is 11.5 Å². The van der Waals surface area contributed by atoms with Gasteiger partial charge in [0.2, 0.25) is 0 Å². The van der Waals surface area contributed by atoms with Crippen LogP contribution >= 0.6 is 0 Å². The first-order valence-corrected chi connectivity index (χ1v) is 8.87. The van der Waals surface area contributed by atoms with Gasteiger partial charge in [-0.15, -0.1) is 0 Å². The molecule has 0 unspecified atom stereocenters. The SMILES string of the molecule is CC(C)CCOc1ccc(C(=O)N[C@H](Cc2ccc(O)cc2)C(=O)[O-])cc1. The molecular formula is C21H24NO5-. The standard InChI is InChI=1S/C21H25NO5/c1-14(2)11-12-27-18-9-5-16(6-10-18)20(24)22-19(21(25)26)13-15-3-7-17(23)8-4-15/h3-10,14,19,23H,11-13H2,1-2H3,(H,22,24)(H,25,26)/p-1/t19-/m1/s1. The number of carboxylic acid groups (broad SMARTS) is 1. The van der Waals surface area contributed by atoms with Gasteiger partial charge in [0.05, 0.1) is 18.6 Å². The number of carbonyl (C=O) groups excluding carboxylic acids is 2. The lowest BCUT2D eigenvalue weighted by atomic mass is 10.1. The molecule has 0 aromatic heterocycles. The van der Waals surface area contributed by atoms with E-state index in [9.17, 15) is 19.8 Å². The Morgan fingerprint density at radius 2 is 1.70 bits per heavy atom. The molecule has 6 heteroatoms. The van der Waals surface area contributed by atoms with E-state index in [1.165, 1.54) is 12.1 Å². The molecule has 0 aliphatic heterocycles. The smallest absolute Gasteiger partial charge is 0.251 e. The Morgan fingerprint density at radius 1 is 1.07 bits per heavy atom. The molecule has 2 aromatic rings. The van der Waals surface area contributed by atoms with Crippen molar-refractivity contribution >= 4 is 11.9 Å². The number of amides is 1. The fourth-order valence-corrected chi connectivity index (χ4v) is 2.42. The molecule has 2 rings (SSSR count). The van der Waals surface area contributed by atoms with E-state index in [-0.39, 0.29) is 12.2 Å². The molecule has 0 aliphatic rings. The summed E-state index contributed by atoms with van der Waals surface area (Å²) in [5.74, 6) is -0.580. The van der Waals surface area contributed by atoms with E-state index >= 15 is 0 Å². The fourth-order valence-electron chi connectivity index (χ4n) is 2.42. The minimum absolute atomic E-state index is 0.0603. The number of carboxylic acids is 1. The third-order valence-electron chi connectivity index (χ3n) is 4.05. The largest absolute Gasteiger partial charge is 0.548 e. The Morgan fingerprint density at radius 3 is 2.26 bits per heavy atom. The van der Waals surface area contributed by atoms with Crippen LogP contribution in [0.15, 0.2) is 48.5 Å². The number of aromatic hydroxyl groups is 1. The summed E-state index contributed by atoms with van der Waals surface area (Å²) in [6.07, 6.45) is 0.998. The summed E-state index contributed by atoms with van der Waals surface area (Å²) in [5.41, 5.74) is 0.999. The van der Waals surface area contributed by atoms with Crippen molar-refractivity contribution in [1.82, 2.24) is 5.32 Å².